The SMILES string of the molecule is CC(C)(C)C1=[C]([Cr+2])C(Cc2ccccn2)c2ccccc21.[Cl-].[Cl-]. The van der Waals surface area contributed by atoms with E-state index < -0.39 is 0 Å². The summed E-state index contributed by atoms with van der Waals surface area (Å²) < 4.78 is 1.38. The molecule has 0 aliphatic heterocycles. The first-order chi connectivity index (χ1) is 9.98. The zero-order valence-corrected chi connectivity index (χ0v) is 16.3. The first-order valence-corrected chi connectivity index (χ1v) is 8.03. The van der Waals surface area contributed by atoms with Crippen molar-refractivity contribution in [3.63, 3.8) is 0 Å². The molecule has 0 radical (unpaired) electrons. The first kappa shape index (κ1) is 20.3. The Morgan fingerprint density at radius 2 is 1.65 bits per heavy atom. The first-order valence-electron chi connectivity index (χ1n) is 7.39. The van der Waals surface area contributed by atoms with E-state index in [9.17, 15) is 0 Å². The summed E-state index contributed by atoms with van der Waals surface area (Å²) >= 11 is 3.36. The molecule has 23 heavy (non-hydrogen) atoms. The van der Waals surface area contributed by atoms with Gasteiger partial charge in [-0.25, -0.2) is 0 Å². The van der Waals surface area contributed by atoms with Crippen LogP contribution in [0.25, 0.3) is 5.57 Å². The van der Waals surface area contributed by atoms with Crippen molar-refractivity contribution in [3.8, 4) is 0 Å². The van der Waals surface area contributed by atoms with E-state index in [0.717, 1.165) is 12.1 Å². The second-order valence-corrected chi connectivity index (χ2v) is 7.34. The molecule has 1 aromatic carbocycles. The maximum atomic E-state index is 4.50. The zero-order chi connectivity index (χ0) is 15.0. The Morgan fingerprint density at radius 1 is 1.00 bits per heavy atom. The molecule has 1 aliphatic carbocycles. The van der Waals surface area contributed by atoms with Gasteiger partial charge in [0.1, 0.15) is 0 Å². The molecule has 0 spiro atoms. The topological polar surface area (TPSA) is 12.9 Å². The number of pyridine rings is 1. The molecule has 1 unspecified atom stereocenters. The summed E-state index contributed by atoms with van der Waals surface area (Å²) in [5.74, 6) is 0.408. The molecule has 0 fully saturated rings. The molecule has 1 heterocycles. The quantitative estimate of drug-likeness (QED) is 0.629. The number of hydrogen-bond donors (Lipinski definition) is 0. The van der Waals surface area contributed by atoms with Gasteiger partial charge in [-0.3, -0.25) is 0 Å². The van der Waals surface area contributed by atoms with Crippen molar-refractivity contribution in [2.24, 2.45) is 5.41 Å². The van der Waals surface area contributed by atoms with E-state index in [1.54, 1.807) is 0 Å². The van der Waals surface area contributed by atoms with Crippen LogP contribution in [0.2, 0.25) is 0 Å². The predicted octanol–water partition coefficient (Wildman–Crippen LogP) is -1.27. The van der Waals surface area contributed by atoms with Gasteiger partial charge in [0.25, 0.3) is 0 Å². The Hall–Kier alpha value is -0.778. The minimum Gasteiger partial charge on any atom is -1.00 e. The summed E-state index contributed by atoms with van der Waals surface area (Å²) in [4.78, 5) is 4.50. The number of nitrogens with zero attached hydrogens (tertiary/aromatic N) is 1. The van der Waals surface area contributed by atoms with Gasteiger partial charge < -0.3 is 24.8 Å². The van der Waals surface area contributed by atoms with Gasteiger partial charge in [0, 0.05) is 0 Å². The third kappa shape index (κ3) is 4.01. The monoisotopic (exact) mass is 384 g/mol. The zero-order valence-electron chi connectivity index (χ0n) is 13.5. The molecule has 1 aromatic heterocycles. The van der Waals surface area contributed by atoms with Crippen molar-refractivity contribution in [3.05, 3.63) is 69.9 Å². The van der Waals surface area contributed by atoms with Gasteiger partial charge in [-0.1, -0.05) is 0 Å². The summed E-state index contributed by atoms with van der Waals surface area (Å²) in [6.45, 7) is 6.87. The van der Waals surface area contributed by atoms with E-state index in [1.165, 1.54) is 21.1 Å². The number of rotatable bonds is 2. The number of allylic oxidation sites excluding steroid dienone is 2. The molecule has 121 valence electrons. The van der Waals surface area contributed by atoms with E-state index >= 15 is 0 Å². The van der Waals surface area contributed by atoms with Crippen molar-refractivity contribution >= 4 is 5.57 Å². The summed E-state index contributed by atoms with van der Waals surface area (Å²) in [7, 11) is 0. The predicted molar refractivity (Wildman–Crippen MR) is 83.5 cm³/mol. The van der Waals surface area contributed by atoms with Crippen LogP contribution in [0.5, 0.6) is 0 Å². The maximum Gasteiger partial charge on any atom is -1.00 e. The van der Waals surface area contributed by atoms with Gasteiger partial charge in [0.2, 0.25) is 0 Å². The molecule has 0 amide bonds. The molecule has 1 atom stereocenters. The molecular formula is C19H20Cl2CrN. The largest absolute Gasteiger partial charge is 1.00 e. The van der Waals surface area contributed by atoms with Crippen LogP contribution in [0.1, 0.15) is 43.5 Å². The van der Waals surface area contributed by atoms with Crippen molar-refractivity contribution in [2.75, 3.05) is 0 Å². The molecule has 0 bridgehead atoms. The van der Waals surface area contributed by atoms with Crippen molar-refractivity contribution in [2.45, 2.75) is 33.1 Å². The van der Waals surface area contributed by atoms with Gasteiger partial charge in [-0.05, 0) is 0 Å². The smallest absolute Gasteiger partial charge is 1.00 e. The number of aromatic nitrogens is 1. The number of benzene rings is 1. The van der Waals surface area contributed by atoms with Crippen LogP contribution in [-0.2, 0) is 22.7 Å². The van der Waals surface area contributed by atoms with Gasteiger partial charge in [0.15, 0.2) is 0 Å². The van der Waals surface area contributed by atoms with Crippen LogP contribution in [-0.4, -0.2) is 4.98 Å². The minimum absolute atomic E-state index is 0. The molecule has 1 aliphatic rings. The molecule has 2 aromatic rings. The third-order valence-electron chi connectivity index (χ3n) is 4.06. The third-order valence-corrected chi connectivity index (χ3v) is 4.82. The minimum atomic E-state index is 0. The number of fused-ring (bicyclic) bond motifs is 1. The Kier molecular flexibility index (Phi) is 6.93. The fourth-order valence-corrected chi connectivity index (χ4v) is 4.16. The molecule has 0 saturated heterocycles. The Balaban J connectivity index is 0.00000132. The molecule has 0 saturated carbocycles. The van der Waals surface area contributed by atoms with Gasteiger partial charge in [-0.15, -0.1) is 0 Å². The van der Waals surface area contributed by atoms with Crippen molar-refractivity contribution in [1.82, 2.24) is 4.98 Å². The fraction of sp³-hybridized carbons (Fsp3) is 0.316. The van der Waals surface area contributed by atoms with Crippen molar-refractivity contribution in [1.29, 1.82) is 0 Å². The van der Waals surface area contributed by atoms with Gasteiger partial charge >= 0.3 is 135 Å². The van der Waals surface area contributed by atoms with Gasteiger partial charge in [0.05, 0.1) is 0 Å². The summed E-state index contributed by atoms with van der Waals surface area (Å²) in [5.41, 5.74) is 5.59. The van der Waals surface area contributed by atoms with Gasteiger partial charge in [-0.2, -0.15) is 0 Å². The molecule has 0 N–H and O–H groups in total. The van der Waals surface area contributed by atoms with E-state index in [-0.39, 0.29) is 30.2 Å². The second-order valence-electron chi connectivity index (χ2n) is 6.65. The molecule has 4 heteroatoms. The van der Waals surface area contributed by atoms with E-state index in [1.807, 2.05) is 12.3 Å². The van der Waals surface area contributed by atoms with Crippen LogP contribution in [0.4, 0.5) is 0 Å². The van der Waals surface area contributed by atoms with E-state index in [2.05, 4.69) is 78.4 Å². The maximum absolute atomic E-state index is 4.50. The van der Waals surface area contributed by atoms with Crippen LogP contribution >= 0.6 is 0 Å². The van der Waals surface area contributed by atoms with Crippen LogP contribution in [0, 0.1) is 5.41 Å². The van der Waals surface area contributed by atoms with Crippen LogP contribution < -0.4 is 24.8 Å². The Morgan fingerprint density at radius 3 is 2.26 bits per heavy atom. The summed E-state index contributed by atoms with van der Waals surface area (Å²) in [6, 6.07) is 15.0. The fourth-order valence-electron chi connectivity index (χ4n) is 3.18. The standard InChI is InChI=1S/C19H20N.2ClH.Cr/c1-19(2,3)18-13-14(12-15-8-6-7-11-20-15)16-9-4-5-10-17(16)18;;;/h4-11,14H,12H2,1-3H3;2*1H;/q;;;+2/p-2. The van der Waals surface area contributed by atoms with Crippen LogP contribution in [0.15, 0.2) is 53.1 Å². The normalized spacial score (nSPS) is 16.3. The Labute approximate surface area is 159 Å². The average Bonchev–Trinajstić information content (AvgIpc) is 2.73. The number of hydrogen-bond acceptors (Lipinski definition) is 1. The molecule has 3 rings (SSSR count). The average molecular weight is 385 g/mol. The Bertz CT molecular complexity index is 690. The van der Waals surface area contributed by atoms with Crippen molar-refractivity contribution < 1.29 is 41.1 Å². The summed E-state index contributed by atoms with van der Waals surface area (Å²) in [5, 5.41) is 0. The second kappa shape index (κ2) is 7.86. The molecule has 1 nitrogen and oxygen atoms in total. The van der Waals surface area contributed by atoms with Crippen LogP contribution in [0.3, 0.4) is 0 Å². The molecular weight excluding hydrogens is 365 g/mol. The van der Waals surface area contributed by atoms with E-state index in [0.29, 0.717) is 5.92 Å². The van der Waals surface area contributed by atoms with E-state index in [4.69, 9.17) is 0 Å². The number of halogens is 2. The summed E-state index contributed by atoms with van der Waals surface area (Å²) in [6.07, 6.45) is 2.84.